The lowest BCUT2D eigenvalue weighted by atomic mass is 10.2. The van der Waals surface area contributed by atoms with Crippen molar-refractivity contribution in [3.63, 3.8) is 0 Å². The Labute approximate surface area is 111 Å². The van der Waals surface area contributed by atoms with Gasteiger partial charge >= 0.3 is 0 Å². The Morgan fingerprint density at radius 2 is 2.41 bits per heavy atom. The number of rotatable bonds is 4. The number of benzene rings is 1. The van der Waals surface area contributed by atoms with Gasteiger partial charge in [0.15, 0.2) is 0 Å². The van der Waals surface area contributed by atoms with E-state index in [1.165, 1.54) is 5.75 Å². The van der Waals surface area contributed by atoms with Gasteiger partial charge in [-0.3, -0.25) is 0 Å². The molecule has 1 aromatic rings. The number of halogens is 1. The van der Waals surface area contributed by atoms with Crippen LogP contribution in [0.2, 0.25) is 5.02 Å². The fourth-order valence-electron chi connectivity index (χ4n) is 1.71. The van der Waals surface area contributed by atoms with E-state index in [2.05, 4.69) is 0 Å². The highest BCUT2D eigenvalue weighted by atomic mass is 35.5. The molecule has 1 saturated heterocycles. The Hall–Kier alpha value is -0.640. The molecule has 0 aliphatic carbocycles. The molecule has 0 saturated carbocycles. The standard InChI is InChI=1S/C13H16ClNOS/c14-12-8-10(2-1-6-15)3-4-13(12)16-11-5-7-17-9-11/h1-4,8,11H,5-7,9,15H2/b2-1+. The van der Waals surface area contributed by atoms with Crippen LogP contribution in [0.4, 0.5) is 0 Å². The van der Waals surface area contributed by atoms with Gasteiger partial charge in [0.2, 0.25) is 0 Å². The van der Waals surface area contributed by atoms with Gasteiger partial charge in [-0.15, -0.1) is 0 Å². The molecule has 2 rings (SSSR count). The second-order valence-corrected chi connectivity index (χ2v) is 5.49. The van der Waals surface area contributed by atoms with E-state index in [0.717, 1.165) is 23.5 Å². The maximum Gasteiger partial charge on any atom is 0.138 e. The minimum atomic E-state index is 0.308. The molecule has 1 aliphatic rings. The van der Waals surface area contributed by atoms with Crippen LogP contribution in [-0.4, -0.2) is 24.2 Å². The summed E-state index contributed by atoms with van der Waals surface area (Å²) >= 11 is 8.12. The summed E-state index contributed by atoms with van der Waals surface area (Å²) < 4.78 is 5.86. The van der Waals surface area contributed by atoms with Crippen molar-refractivity contribution in [1.29, 1.82) is 0 Å². The second kappa shape index (κ2) is 6.34. The van der Waals surface area contributed by atoms with Crippen LogP contribution >= 0.6 is 23.4 Å². The van der Waals surface area contributed by atoms with Crippen LogP contribution in [0.15, 0.2) is 24.3 Å². The molecule has 0 spiro atoms. The summed E-state index contributed by atoms with van der Waals surface area (Å²) in [6, 6.07) is 5.84. The molecule has 1 aliphatic heterocycles. The van der Waals surface area contributed by atoms with Crippen molar-refractivity contribution >= 4 is 29.4 Å². The van der Waals surface area contributed by atoms with E-state index in [-0.39, 0.29) is 0 Å². The number of hydrogen-bond acceptors (Lipinski definition) is 3. The molecule has 1 heterocycles. The van der Waals surface area contributed by atoms with Gasteiger partial charge in [0.05, 0.1) is 5.02 Å². The third kappa shape index (κ3) is 3.66. The summed E-state index contributed by atoms with van der Waals surface area (Å²) in [5.41, 5.74) is 6.46. The van der Waals surface area contributed by atoms with Gasteiger partial charge in [0, 0.05) is 12.3 Å². The predicted molar refractivity (Wildman–Crippen MR) is 75.9 cm³/mol. The van der Waals surface area contributed by atoms with Gasteiger partial charge in [0.25, 0.3) is 0 Å². The van der Waals surface area contributed by atoms with Crippen molar-refractivity contribution in [2.75, 3.05) is 18.1 Å². The molecule has 2 nitrogen and oxygen atoms in total. The quantitative estimate of drug-likeness (QED) is 0.912. The number of thioether (sulfide) groups is 1. The van der Waals surface area contributed by atoms with Gasteiger partial charge < -0.3 is 10.5 Å². The van der Waals surface area contributed by atoms with Crippen LogP contribution in [0.25, 0.3) is 6.08 Å². The van der Waals surface area contributed by atoms with Crippen molar-refractivity contribution in [3.05, 3.63) is 34.9 Å². The Balaban J connectivity index is 2.05. The first-order valence-corrected chi connectivity index (χ1v) is 7.23. The Morgan fingerprint density at radius 3 is 3.06 bits per heavy atom. The number of ether oxygens (including phenoxy) is 1. The van der Waals surface area contributed by atoms with Gasteiger partial charge in [-0.25, -0.2) is 0 Å². The highest BCUT2D eigenvalue weighted by Gasteiger charge is 2.17. The third-order valence-corrected chi connectivity index (χ3v) is 4.01. The number of nitrogens with two attached hydrogens (primary N) is 1. The summed E-state index contributed by atoms with van der Waals surface area (Å²) in [5.74, 6) is 3.02. The molecular weight excluding hydrogens is 254 g/mol. The average molecular weight is 270 g/mol. The zero-order chi connectivity index (χ0) is 12.1. The molecule has 17 heavy (non-hydrogen) atoms. The van der Waals surface area contributed by atoms with E-state index in [9.17, 15) is 0 Å². The van der Waals surface area contributed by atoms with Crippen LogP contribution in [0.3, 0.4) is 0 Å². The topological polar surface area (TPSA) is 35.2 Å². The van der Waals surface area contributed by atoms with Gasteiger partial charge in [-0.1, -0.05) is 29.8 Å². The molecule has 0 aromatic heterocycles. The van der Waals surface area contributed by atoms with E-state index in [1.807, 2.05) is 42.1 Å². The van der Waals surface area contributed by atoms with Crippen LogP contribution < -0.4 is 10.5 Å². The fraction of sp³-hybridized carbons (Fsp3) is 0.385. The molecule has 0 radical (unpaired) electrons. The Morgan fingerprint density at radius 1 is 1.53 bits per heavy atom. The van der Waals surface area contributed by atoms with Gasteiger partial charge in [0.1, 0.15) is 11.9 Å². The van der Waals surface area contributed by atoms with Crippen LogP contribution in [0.1, 0.15) is 12.0 Å². The second-order valence-electron chi connectivity index (χ2n) is 3.93. The molecule has 4 heteroatoms. The Bertz CT molecular complexity index is 402. The first-order chi connectivity index (χ1) is 8.29. The van der Waals surface area contributed by atoms with Crippen molar-refractivity contribution < 1.29 is 4.74 Å². The largest absolute Gasteiger partial charge is 0.488 e. The molecule has 2 N–H and O–H groups in total. The summed E-state index contributed by atoms with van der Waals surface area (Å²) in [4.78, 5) is 0. The van der Waals surface area contributed by atoms with Crippen LogP contribution in [0.5, 0.6) is 5.75 Å². The highest BCUT2D eigenvalue weighted by Crippen LogP contribution is 2.30. The van der Waals surface area contributed by atoms with E-state index in [4.69, 9.17) is 22.1 Å². The fourth-order valence-corrected chi connectivity index (χ4v) is 3.03. The predicted octanol–water partition coefficient (Wildman–Crippen LogP) is 3.20. The van der Waals surface area contributed by atoms with E-state index < -0.39 is 0 Å². The maximum atomic E-state index is 6.19. The van der Waals surface area contributed by atoms with Crippen LogP contribution in [-0.2, 0) is 0 Å². The summed E-state index contributed by atoms with van der Waals surface area (Å²) in [5, 5.41) is 0.668. The molecule has 1 aromatic carbocycles. The van der Waals surface area contributed by atoms with Crippen molar-refractivity contribution in [3.8, 4) is 5.75 Å². The van der Waals surface area contributed by atoms with E-state index >= 15 is 0 Å². The van der Waals surface area contributed by atoms with Crippen molar-refractivity contribution in [2.24, 2.45) is 5.73 Å². The van der Waals surface area contributed by atoms with E-state index in [0.29, 0.717) is 17.7 Å². The lowest BCUT2D eigenvalue weighted by molar-refractivity contribution is 0.229. The zero-order valence-corrected chi connectivity index (χ0v) is 11.1. The smallest absolute Gasteiger partial charge is 0.138 e. The van der Waals surface area contributed by atoms with E-state index in [1.54, 1.807) is 0 Å². The molecular formula is C13H16ClNOS. The first-order valence-electron chi connectivity index (χ1n) is 5.70. The minimum Gasteiger partial charge on any atom is -0.488 e. The first kappa shape index (κ1) is 12.8. The van der Waals surface area contributed by atoms with Gasteiger partial charge in [-0.2, -0.15) is 11.8 Å². The van der Waals surface area contributed by atoms with Gasteiger partial charge in [-0.05, 0) is 29.9 Å². The summed E-state index contributed by atoms with van der Waals surface area (Å²) in [7, 11) is 0. The summed E-state index contributed by atoms with van der Waals surface area (Å²) in [6.07, 6.45) is 5.28. The lowest BCUT2D eigenvalue weighted by Crippen LogP contribution is -2.14. The monoisotopic (exact) mass is 269 g/mol. The SMILES string of the molecule is NC/C=C/c1ccc(OC2CCSC2)c(Cl)c1. The highest BCUT2D eigenvalue weighted by molar-refractivity contribution is 7.99. The Kier molecular flexibility index (Phi) is 4.77. The van der Waals surface area contributed by atoms with Crippen molar-refractivity contribution in [2.45, 2.75) is 12.5 Å². The number of hydrogen-bond donors (Lipinski definition) is 1. The molecule has 0 bridgehead atoms. The van der Waals surface area contributed by atoms with Crippen LogP contribution in [0, 0.1) is 0 Å². The lowest BCUT2D eigenvalue weighted by Gasteiger charge is -2.13. The molecule has 92 valence electrons. The molecule has 1 unspecified atom stereocenters. The molecule has 1 fully saturated rings. The van der Waals surface area contributed by atoms with Crippen molar-refractivity contribution in [1.82, 2.24) is 0 Å². The maximum absolute atomic E-state index is 6.19. The normalized spacial score (nSPS) is 20.0. The minimum absolute atomic E-state index is 0.308. The molecule has 1 atom stereocenters. The average Bonchev–Trinajstić information content (AvgIpc) is 2.82. The molecule has 0 amide bonds. The summed E-state index contributed by atoms with van der Waals surface area (Å²) in [6.45, 7) is 0.537. The zero-order valence-electron chi connectivity index (χ0n) is 9.56. The third-order valence-electron chi connectivity index (χ3n) is 2.58.